The maximum atomic E-state index is 11.0. The van der Waals surface area contributed by atoms with Crippen molar-refractivity contribution in [2.24, 2.45) is 0 Å². The van der Waals surface area contributed by atoms with Crippen LogP contribution in [-0.2, 0) is 14.3 Å². The highest BCUT2D eigenvalue weighted by molar-refractivity contribution is 6.17. The molecule has 0 N–H and O–H groups in total. The molecule has 4 heteroatoms. The molecule has 80 valence electrons. The summed E-state index contributed by atoms with van der Waals surface area (Å²) in [5, 5.41) is 0. The van der Waals surface area contributed by atoms with Crippen molar-refractivity contribution < 1.29 is 14.3 Å². The van der Waals surface area contributed by atoms with Gasteiger partial charge < -0.3 is 9.47 Å². The molecule has 0 bridgehead atoms. The molecule has 0 aromatic rings. The smallest absolute Gasteiger partial charge is 0.333 e. The standard InChI is InChI=1S/C10H15ClO3/c1-7(2)10(12)13-6-4-9-8(14-9)3-5-11/h8-9H,1,3-6H2,2H3. The summed E-state index contributed by atoms with van der Waals surface area (Å²) in [5.41, 5.74) is 0.430. The number of hydrogen-bond donors (Lipinski definition) is 0. The number of ether oxygens (including phenoxy) is 2. The first-order valence-electron chi connectivity index (χ1n) is 4.69. The Bertz CT molecular complexity index is 227. The highest BCUT2D eigenvalue weighted by Crippen LogP contribution is 2.28. The number of carbonyl (C=O) groups excluding carboxylic acids is 1. The van der Waals surface area contributed by atoms with Gasteiger partial charge in [0.15, 0.2) is 0 Å². The van der Waals surface area contributed by atoms with E-state index in [0.717, 1.165) is 12.8 Å². The average Bonchev–Trinajstić information content (AvgIpc) is 2.84. The molecule has 1 rings (SSSR count). The molecule has 0 amide bonds. The molecule has 1 saturated heterocycles. The van der Waals surface area contributed by atoms with Gasteiger partial charge in [0.2, 0.25) is 0 Å². The molecule has 1 aliphatic rings. The molecule has 1 aliphatic heterocycles. The molecular formula is C10H15ClO3. The van der Waals surface area contributed by atoms with E-state index in [0.29, 0.717) is 18.1 Å². The van der Waals surface area contributed by atoms with Crippen molar-refractivity contribution in [2.45, 2.75) is 32.0 Å². The van der Waals surface area contributed by atoms with Crippen LogP contribution in [0.1, 0.15) is 19.8 Å². The lowest BCUT2D eigenvalue weighted by atomic mass is 10.2. The topological polar surface area (TPSA) is 38.8 Å². The maximum absolute atomic E-state index is 11.0. The van der Waals surface area contributed by atoms with Crippen molar-refractivity contribution in [1.82, 2.24) is 0 Å². The number of esters is 1. The van der Waals surface area contributed by atoms with E-state index < -0.39 is 0 Å². The summed E-state index contributed by atoms with van der Waals surface area (Å²) < 4.78 is 10.2. The summed E-state index contributed by atoms with van der Waals surface area (Å²) in [7, 11) is 0. The second-order valence-electron chi connectivity index (χ2n) is 3.40. The van der Waals surface area contributed by atoms with Crippen LogP contribution >= 0.6 is 11.6 Å². The van der Waals surface area contributed by atoms with Crippen molar-refractivity contribution >= 4 is 17.6 Å². The van der Waals surface area contributed by atoms with Gasteiger partial charge in [-0.05, 0) is 13.3 Å². The maximum Gasteiger partial charge on any atom is 0.333 e. The van der Waals surface area contributed by atoms with Crippen molar-refractivity contribution in [3.63, 3.8) is 0 Å². The molecule has 14 heavy (non-hydrogen) atoms. The molecule has 0 aromatic carbocycles. The summed E-state index contributed by atoms with van der Waals surface area (Å²) in [6.07, 6.45) is 2.13. The monoisotopic (exact) mass is 218 g/mol. The number of epoxide rings is 1. The normalized spacial score (nSPS) is 24.4. The van der Waals surface area contributed by atoms with Gasteiger partial charge in [-0.3, -0.25) is 0 Å². The van der Waals surface area contributed by atoms with E-state index in [-0.39, 0.29) is 18.2 Å². The van der Waals surface area contributed by atoms with Crippen LogP contribution in [0.5, 0.6) is 0 Å². The molecule has 0 aliphatic carbocycles. The molecular weight excluding hydrogens is 204 g/mol. The van der Waals surface area contributed by atoms with Crippen LogP contribution in [-0.4, -0.2) is 30.7 Å². The van der Waals surface area contributed by atoms with Gasteiger partial charge in [0.25, 0.3) is 0 Å². The van der Waals surface area contributed by atoms with Crippen LogP contribution in [0.15, 0.2) is 12.2 Å². The lowest BCUT2D eigenvalue weighted by molar-refractivity contribution is -0.139. The summed E-state index contributed by atoms with van der Waals surface area (Å²) in [6, 6.07) is 0. The van der Waals surface area contributed by atoms with Crippen molar-refractivity contribution in [3.05, 3.63) is 12.2 Å². The zero-order valence-electron chi connectivity index (χ0n) is 8.29. The highest BCUT2D eigenvalue weighted by atomic mass is 35.5. The minimum atomic E-state index is -0.334. The summed E-state index contributed by atoms with van der Waals surface area (Å²) >= 11 is 5.55. The van der Waals surface area contributed by atoms with Gasteiger partial charge in [0, 0.05) is 17.9 Å². The predicted molar refractivity (Wildman–Crippen MR) is 54.4 cm³/mol. The second kappa shape index (κ2) is 5.37. The average molecular weight is 219 g/mol. The SMILES string of the molecule is C=C(C)C(=O)OCCC1OC1CCCl. The second-order valence-corrected chi connectivity index (χ2v) is 3.77. The largest absolute Gasteiger partial charge is 0.462 e. The fourth-order valence-electron chi connectivity index (χ4n) is 1.19. The zero-order valence-corrected chi connectivity index (χ0v) is 9.05. The van der Waals surface area contributed by atoms with E-state index in [1.54, 1.807) is 6.92 Å². The molecule has 0 saturated carbocycles. The lowest BCUT2D eigenvalue weighted by Gasteiger charge is -2.01. The van der Waals surface area contributed by atoms with Gasteiger partial charge in [-0.1, -0.05) is 6.58 Å². The Kier molecular flexibility index (Phi) is 4.42. The van der Waals surface area contributed by atoms with Gasteiger partial charge in [0.05, 0.1) is 18.8 Å². The highest BCUT2D eigenvalue weighted by Gasteiger charge is 2.37. The number of carbonyl (C=O) groups is 1. The minimum Gasteiger partial charge on any atom is -0.462 e. The Labute approximate surface area is 89.0 Å². The number of alkyl halides is 1. The van der Waals surface area contributed by atoms with E-state index in [4.69, 9.17) is 21.1 Å². The lowest BCUT2D eigenvalue weighted by Crippen LogP contribution is -2.08. The zero-order chi connectivity index (χ0) is 10.6. The predicted octanol–water partition coefficient (Wildman–Crippen LogP) is 1.89. The van der Waals surface area contributed by atoms with Gasteiger partial charge >= 0.3 is 5.97 Å². The van der Waals surface area contributed by atoms with E-state index in [2.05, 4.69) is 6.58 Å². The van der Waals surface area contributed by atoms with Crippen LogP contribution in [0.3, 0.4) is 0 Å². The Morgan fingerprint density at radius 3 is 2.71 bits per heavy atom. The summed E-state index contributed by atoms with van der Waals surface area (Å²) in [5.74, 6) is 0.284. The summed E-state index contributed by atoms with van der Waals surface area (Å²) in [4.78, 5) is 11.0. The van der Waals surface area contributed by atoms with Crippen molar-refractivity contribution in [1.29, 1.82) is 0 Å². The first-order valence-corrected chi connectivity index (χ1v) is 5.22. The first kappa shape index (κ1) is 11.5. The molecule has 3 nitrogen and oxygen atoms in total. The fraction of sp³-hybridized carbons (Fsp3) is 0.700. The van der Waals surface area contributed by atoms with Gasteiger partial charge in [-0.15, -0.1) is 11.6 Å². The quantitative estimate of drug-likeness (QED) is 0.296. The molecule has 0 spiro atoms. The molecule has 0 aromatic heterocycles. The summed E-state index contributed by atoms with van der Waals surface area (Å²) in [6.45, 7) is 5.52. The Morgan fingerprint density at radius 1 is 1.50 bits per heavy atom. The number of hydrogen-bond acceptors (Lipinski definition) is 3. The van der Waals surface area contributed by atoms with Crippen LogP contribution in [0.4, 0.5) is 0 Å². The van der Waals surface area contributed by atoms with E-state index in [1.165, 1.54) is 0 Å². The molecule has 0 radical (unpaired) electrons. The van der Waals surface area contributed by atoms with Crippen LogP contribution in [0.25, 0.3) is 0 Å². The molecule has 2 unspecified atom stereocenters. The Hall–Kier alpha value is -0.540. The third-order valence-corrected chi connectivity index (χ3v) is 2.28. The van der Waals surface area contributed by atoms with Gasteiger partial charge in [-0.25, -0.2) is 4.79 Å². The first-order chi connectivity index (χ1) is 6.65. The Morgan fingerprint density at radius 2 is 2.14 bits per heavy atom. The third-order valence-electron chi connectivity index (χ3n) is 2.07. The van der Waals surface area contributed by atoms with Crippen LogP contribution in [0, 0.1) is 0 Å². The van der Waals surface area contributed by atoms with Gasteiger partial charge in [-0.2, -0.15) is 0 Å². The molecule has 1 fully saturated rings. The van der Waals surface area contributed by atoms with Crippen molar-refractivity contribution in [2.75, 3.05) is 12.5 Å². The van der Waals surface area contributed by atoms with Crippen molar-refractivity contribution in [3.8, 4) is 0 Å². The molecule has 2 atom stereocenters. The number of rotatable bonds is 6. The fourth-order valence-corrected chi connectivity index (χ4v) is 1.40. The number of halogens is 1. The van der Waals surface area contributed by atoms with E-state index >= 15 is 0 Å². The Balaban J connectivity index is 2.01. The van der Waals surface area contributed by atoms with Gasteiger partial charge in [0.1, 0.15) is 0 Å². The van der Waals surface area contributed by atoms with Crippen LogP contribution < -0.4 is 0 Å². The van der Waals surface area contributed by atoms with E-state index in [9.17, 15) is 4.79 Å². The third kappa shape index (κ3) is 3.68. The molecule has 1 heterocycles. The van der Waals surface area contributed by atoms with E-state index in [1.807, 2.05) is 0 Å². The van der Waals surface area contributed by atoms with Crippen LogP contribution in [0.2, 0.25) is 0 Å². The minimum absolute atomic E-state index is 0.228.